The molecule has 0 amide bonds. The van der Waals surface area contributed by atoms with Crippen LogP contribution >= 0.6 is 24.0 Å². The van der Waals surface area contributed by atoms with Crippen molar-refractivity contribution in [2.24, 2.45) is 10.8 Å². The van der Waals surface area contributed by atoms with Crippen LogP contribution in [0.15, 0.2) is 30.3 Å². The average Bonchev–Trinajstić information content (AvgIpc) is 2.82. The molecule has 3 unspecified atom stereocenters. The van der Waals surface area contributed by atoms with Gasteiger partial charge in [-0.25, -0.2) is 0 Å². The zero-order chi connectivity index (χ0) is 27.6. The fourth-order valence-electron chi connectivity index (χ4n) is 4.08. The second-order valence-electron chi connectivity index (χ2n) is 9.90. The van der Waals surface area contributed by atoms with Crippen LogP contribution in [0.5, 0.6) is 0 Å². The summed E-state index contributed by atoms with van der Waals surface area (Å²) >= 11 is 6.73. The standard InChI is InChI=1S/C26H36N2O6S2/c1-24(18-27,13-12-20(29)30)16-25(2,22(31)34-15-14-28(4)5)17-26(3,23(32)33-6)36-21(35)19-10-8-7-9-11-19/h7-11H,12-17H2,1-6H3,(H,29,30). The van der Waals surface area contributed by atoms with Gasteiger partial charge in [0, 0.05) is 13.0 Å². The van der Waals surface area contributed by atoms with Gasteiger partial charge in [-0.15, -0.1) is 0 Å². The van der Waals surface area contributed by atoms with Crippen molar-refractivity contribution in [3.8, 4) is 6.07 Å². The highest BCUT2D eigenvalue weighted by Gasteiger charge is 2.50. The summed E-state index contributed by atoms with van der Waals surface area (Å²) in [5.74, 6) is -2.17. The van der Waals surface area contributed by atoms with Crippen LogP contribution in [0.3, 0.4) is 0 Å². The highest BCUT2D eigenvalue weighted by molar-refractivity contribution is 8.25. The Morgan fingerprint density at radius 1 is 1.11 bits per heavy atom. The summed E-state index contributed by atoms with van der Waals surface area (Å²) in [5.41, 5.74) is -1.70. The van der Waals surface area contributed by atoms with Gasteiger partial charge in [0.15, 0.2) is 0 Å². The number of benzene rings is 1. The van der Waals surface area contributed by atoms with E-state index in [4.69, 9.17) is 26.8 Å². The van der Waals surface area contributed by atoms with Crippen molar-refractivity contribution in [3.05, 3.63) is 35.9 Å². The molecule has 10 heteroatoms. The minimum absolute atomic E-state index is 0.00415. The quantitative estimate of drug-likeness (QED) is 0.272. The monoisotopic (exact) mass is 536 g/mol. The number of thiocarbonyl (C=S) groups is 1. The highest BCUT2D eigenvalue weighted by Crippen LogP contribution is 2.47. The summed E-state index contributed by atoms with van der Waals surface area (Å²) in [4.78, 5) is 39.6. The normalized spacial score (nSPS) is 16.1. The first-order valence-electron chi connectivity index (χ1n) is 11.5. The van der Waals surface area contributed by atoms with Crippen molar-refractivity contribution in [3.63, 3.8) is 0 Å². The molecule has 0 bridgehead atoms. The minimum Gasteiger partial charge on any atom is -0.481 e. The van der Waals surface area contributed by atoms with E-state index < -0.39 is 33.5 Å². The summed E-state index contributed by atoms with van der Waals surface area (Å²) in [7, 11) is 4.97. The first-order valence-corrected chi connectivity index (χ1v) is 12.7. The summed E-state index contributed by atoms with van der Waals surface area (Å²) < 4.78 is 9.87. The van der Waals surface area contributed by atoms with E-state index in [0.717, 1.165) is 17.3 Å². The number of esters is 2. The van der Waals surface area contributed by atoms with Crippen LogP contribution in [-0.4, -0.2) is 71.2 Å². The number of carbonyl (C=O) groups is 3. The number of aliphatic carboxylic acids is 1. The van der Waals surface area contributed by atoms with E-state index in [1.54, 1.807) is 20.8 Å². The van der Waals surface area contributed by atoms with Crippen molar-refractivity contribution < 1.29 is 29.0 Å². The molecule has 3 atom stereocenters. The zero-order valence-electron chi connectivity index (χ0n) is 21.8. The van der Waals surface area contributed by atoms with Gasteiger partial charge in [-0.1, -0.05) is 54.3 Å². The van der Waals surface area contributed by atoms with Crippen molar-refractivity contribution in [2.45, 2.75) is 51.2 Å². The van der Waals surface area contributed by atoms with Gasteiger partial charge < -0.3 is 19.5 Å². The molecule has 0 saturated heterocycles. The Kier molecular flexibility index (Phi) is 12.0. The molecule has 1 aromatic rings. The number of nitrogens with zero attached hydrogens (tertiary/aromatic N) is 2. The Morgan fingerprint density at radius 2 is 1.72 bits per heavy atom. The van der Waals surface area contributed by atoms with Gasteiger partial charge >= 0.3 is 17.9 Å². The average molecular weight is 537 g/mol. The Morgan fingerprint density at radius 3 is 2.22 bits per heavy atom. The van der Waals surface area contributed by atoms with Crippen LogP contribution in [-0.2, 0) is 23.9 Å². The zero-order valence-corrected chi connectivity index (χ0v) is 23.5. The summed E-state index contributed by atoms with van der Waals surface area (Å²) in [6.45, 7) is 5.56. The maximum absolute atomic E-state index is 13.5. The summed E-state index contributed by atoms with van der Waals surface area (Å²) in [6, 6.07) is 11.4. The second kappa shape index (κ2) is 13.7. The lowest BCUT2D eigenvalue weighted by Crippen LogP contribution is -2.45. The van der Waals surface area contributed by atoms with E-state index in [1.165, 1.54) is 7.11 Å². The van der Waals surface area contributed by atoms with E-state index in [1.807, 2.05) is 49.3 Å². The molecule has 0 heterocycles. The predicted molar refractivity (Wildman–Crippen MR) is 144 cm³/mol. The lowest BCUT2D eigenvalue weighted by molar-refractivity contribution is -0.159. The van der Waals surface area contributed by atoms with Crippen LogP contribution in [0, 0.1) is 22.2 Å². The van der Waals surface area contributed by atoms with Crippen LogP contribution in [0.1, 0.15) is 52.0 Å². The van der Waals surface area contributed by atoms with Gasteiger partial charge in [0.05, 0.1) is 28.2 Å². The van der Waals surface area contributed by atoms with Crippen molar-refractivity contribution in [2.75, 3.05) is 34.4 Å². The fourth-order valence-corrected chi connectivity index (χ4v) is 5.99. The second-order valence-corrected chi connectivity index (χ2v) is 12.1. The van der Waals surface area contributed by atoms with E-state index in [0.29, 0.717) is 10.7 Å². The van der Waals surface area contributed by atoms with Gasteiger partial charge in [0.1, 0.15) is 11.4 Å². The van der Waals surface area contributed by atoms with E-state index in [9.17, 15) is 19.6 Å². The van der Waals surface area contributed by atoms with Crippen molar-refractivity contribution in [1.82, 2.24) is 4.90 Å². The van der Waals surface area contributed by atoms with Crippen LogP contribution in [0.4, 0.5) is 0 Å². The Balaban J connectivity index is 3.40. The summed E-state index contributed by atoms with van der Waals surface area (Å²) in [5, 5.41) is 19.1. The van der Waals surface area contributed by atoms with Gasteiger partial charge in [0.25, 0.3) is 0 Å². The lowest BCUT2D eigenvalue weighted by atomic mass is 9.68. The number of hydrogen-bond donors (Lipinski definition) is 1. The van der Waals surface area contributed by atoms with Crippen molar-refractivity contribution >= 4 is 46.1 Å². The largest absolute Gasteiger partial charge is 0.481 e. The number of likely N-dealkylation sites (N-methyl/N-ethyl adjacent to an activating group) is 1. The Hall–Kier alpha value is -2.48. The SMILES string of the molecule is COC(=O)C(C)(CC(C)(CC(C)(C#N)CCC(=O)O)C(=O)OCCN(C)C)SC(=S)c1ccccc1. The molecule has 36 heavy (non-hydrogen) atoms. The molecule has 0 aromatic heterocycles. The number of carboxylic acid groups (broad SMARTS) is 1. The molecule has 1 N–H and O–H groups in total. The molecule has 0 fully saturated rings. The molecule has 0 radical (unpaired) electrons. The molecule has 0 aliphatic heterocycles. The number of carbonyl (C=O) groups excluding carboxylic acids is 2. The van der Waals surface area contributed by atoms with Gasteiger partial charge in [-0.05, 0) is 59.7 Å². The molecular formula is C26H36N2O6S2. The van der Waals surface area contributed by atoms with Crippen LogP contribution in [0.25, 0.3) is 0 Å². The van der Waals surface area contributed by atoms with Crippen molar-refractivity contribution in [1.29, 1.82) is 5.26 Å². The topological polar surface area (TPSA) is 117 Å². The third-order valence-corrected chi connectivity index (χ3v) is 7.55. The molecule has 0 spiro atoms. The molecular weight excluding hydrogens is 500 g/mol. The number of methoxy groups -OCH3 is 1. The van der Waals surface area contributed by atoms with Gasteiger partial charge in [-0.3, -0.25) is 14.4 Å². The molecule has 1 rings (SSSR count). The number of hydrogen-bond acceptors (Lipinski definition) is 9. The summed E-state index contributed by atoms with van der Waals surface area (Å²) in [6.07, 6.45) is -0.216. The maximum Gasteiger partial charge on any atom is 0.322 e. The van der Waals surface area contributed by atoms with E-state index >= 15 is 0 Å². The molecule has 0 aliphatic rings. The number of ether oxygens (including phenoxy) is 2. The molecule has 0 saturated carbocycles. The molecule has 0 aliphatic carbocycles. The third kappa shape index (κ3) is 9.52. The van der Waals surface area contributed by atoms with Crippen LogP contribution in [0.2, 0.25) is 0 Å². The number of rotatable bonds is 14. The number of nitriles is 1. The molecule has 8 nitrogen and oxygen atoms in total. The van der Waals surface area contributed by atoms with Gasteiger partial charge in [0.2, 0.25) is 0 Å². The first kappa shape index (κ1) is 31.5. The Bertz CT molecular complexity index is 980. The van der Waals surface area contributed by atoms with E-state index in [2.05, 4.69) is 6.07 Å². The molecule has 1 aromatic carbocycles. The number of carboxylic acids is 1. The minimum atomic E-state index is -1.31. The maximum atomic E-state index is 13.5. The highest BCUT2D eigenvalue weighted by atomic mass is 32.2. The molecule has 198 valence electrons. The van der Waals surface area contributed by atoms with Gasteiger partial charge in [-0.2, -0.15) is 5.26 Å². The smallest absolute Gasteiger partial charge is 0.322 e. The first-order chi connectivity index (χ1) is 16.7. The fraction of sp³-hybridized carbons (Fsp3) is 0.577. The Labute approximate surface area is 223 Å². The number of thioether (sulfide) groups is 1. The lowest BCUT2D eigenvalue weighted by Gasteiger charge is -2.39. The third-order valence-electron chi connectivity index (χ3n) is 5.88. The predicted octanol–water partition coefficient (Wildman–Crippen LogP) is 4.31. The van der Waals surface area contributed by atoms with E-state index in [-0.39, 0.29) is 32.3 Å². The van der Waals surface area contributed by atoms with Crippen LogP contribution < -0.4 is 0 Å².